The van der Waals surface area contributed by atoms with E-state index in [2.05, 4.69) is 41.4 Å². The summed E-state index contributed by atoms with van der Waals surface area (Å²) in [5.41, 5.74) is 7.07. The van der Waals surface area contributed by atoms with E-state index in [9.17, 15) is 29.1 Å². The molecule has 4 atom stereocenters. The molecule has 1 saturated heterocycles. The number of hydrogen-bond acceptors (Lipinski definition) is 15. The zero-order valence-corrected chi connectivity index (χ0v) is 47.4. The Morgan fingerprint density at radius 2 is 1.60 bits per heavy atom. The fourth-order valence-electron chi connectivity index (χ4n) is 9.36. The van der Waals surface area contributed by atoms with Crippen LogP contribution in [0.2, 0.25) is 0 Å². The Labute approximate surface area is 463 Å². The van der Waals surface area contributed by atoms with E-state index in [0.29, 0.717) is 74.3 Å². The largest absolute Gasteiger partial charge is 0.496 e. The number of benzene rings is 3. The zero-order chi connectivity index (χ0) is 55.2. The lowest BCUT2D eigenvalue weighted by Crippen LogP contribution is -2.57. The molecule has 77 heavy (non-hydrogen) atoms. The molecule has 18 nitrogen and oxygen atoms in total. The molecule has 2 aromatic heterocycles. The number of hydrogen-bond donors (Lipinski definition) is 3. The Hall–Kier alpha value is -6.16. The number of methoxy groups -OCH3 is 1. The number of amides is 4. The van der Waals surface area contributed by atoms with Crippen molar-refractivity contribution in [1.82, 2.24) is 30.5 Å². The molecule has 4 amide bonds. The maximum Gasteiger partial charge on any atom is 0.249 e. The molecule has 3 N–H and O–H groups in total. The average molecular weight is 1140 g/mol. The molecule has 2 aliphatic rings. The van der Waals surface area contributed by atoms with E-state index in [1.165, 1.54) is 4.90 Å². The SMILES string of the molecule is CC[C@@H]1C(=O)N(C)c2cnc(Cc3ccc(C(=O)CCCOCCOCCOCCC(=O)N[C@H](C(=O)N4C[C@H](O)C[C@H]4C(=O)NCc4ccc(-c5scnc5C)cc4)C(C)(C)C)cc3OC)nc2N1Cc1ccc(Br)cc1. The number of thiazole rings is 1. The Morgan fingerprint density at radius 1 is 0.909 bits per heavy atom. The Morgan fingerprint density at radius 3 is 2.26 bits per heavy atom. The van der Waals surface area contributed by atoms with Gasteiger partial charge in [-0.25, -0.2) is 15.0 Å². The number of ketones is 1. The number of fused-ring (bicyclic) bond motifs is 1. The first-order valence-electron chi connectivity index (χ1n) is 26.1. The summed E-state index contributed by atoms with van der Waals surface area (Å²) in [4.78, 5) is 87.2. The minimum Gasteiger partial charge on any atom is -0.496 e. The number of likely N-dealkylation sites (N-methyl/N-ethyl adjacent to an activating group) is 1. The van der Waals surface area contributed by atoms with Gasteiger partial charge in [0, 0.05) is 74.6 Å². The normalized spacial score (nSPS) is 16.8. The highest BCUT2D eigenvalue weighted by molar-refractivity contribution is 9.10. The van der Waals surface area contributed by atoms with Crippen LogP contribution in [0.1, 0.15) is 98.4 Å². The number of aliphatic hydroxyl groups excluding tert-OH is 1. The van der Waals surface area contributed by atoms with Gasteiger partial charge in [-0.1, -0.05) is 92.2 Å². The summed E-state index contributed by atoms with van der Waals surface area (Å²) in [6.45, 7) is 11.9. The van der Waals surface area contributed by atoms with Crippen LogP contribution < -0.4 is 25.2 Å². The quantitative estimate of drug-likeness (QED) is 0.0368. The molecule has 0 spiro atoms. The molecule has 5 aromatic rings. The number of anilines is 2. The predicted octanol–water partition coefficient (Wildman–Crippen LogP) is 7.24. The molecule has 0 saturated carbocycles. The Balaban J connectivity index is 0.774. The van der Waals surface area contributed by atoms with Crippen molar-refractivity contribution < 1.29 is 48.0 Å². The van der Waals surface area contributed by atoms with E-state index in [1.807, 2.05) is 94.7 Å². The number of ether oxygens (including phenoxy) is 4. The van der Waals surface area contributed by atoms with Gasteiger partial charge >= 0.3 is 0 Å². The van der Waals surface area contributed by atoms with Crippen molar-refractivity contribution in [1.29, 1.82) is 0 Å². The summed E-state index contributed by atoms with van der Waals surface area (Å²) in [5.74, 6) is 0.583. The third-order valence-electron chi connectivity index (χ3n) is 13.7. The highest BCUT2D eigenvalue weighted by atomic mass is 79.9. The van der Waals surface area contributed by atoms with Crippen LogP contribution in [0.5, 0.6) is 5.75 Å². The first kappa shape index (κ1) is 58.5. The number of rotatable bonds is 26. The van der Waals surface area contributed by atoms with E-state index in [1.54, 1.807) is 48.7 Å². The Kier molecular flexibility index (Phi) is 20.8. The van der Waals surface area contributed by atoms with E-state index in [4.69, 9.17) is 23.9 Å². The van der Waals surface area contributed by atoms with Crippen LogP contribution in [-0.4, -0.2) is 139 Å². The monoisotopic (exact) mass is 1140 g/mol. The van der Waals surface area contributed by atoms with E-state index >= 15 is 0 Å². The molecule has 412 valence electrons. The van der Waals surface area contributed by atoms with Crippen molar-refractivity contribution in [3.05, 3.63) is 117 Å². The lowest BCUT2D eigenvalue weighted by atomic mass is 9.85. The van der Waals surface area contributed by atoms with Crippen molar-refractivity contribution >= 4 is 68.2 Å². The minimum atomic E-state index is -0.946. The highest BCUT2D eigenvalue weighted by Crippen LogP contribution is 2.36. The second-order valence-corrected chi connectivity index (χ2v) is 22.1. The molecule has 0 bridgehead atoms. The summed E-state index contributed by atoms with van der Waals surface area (Å²) < 4.78 is 23.7. The van der Waals surface area contributed by atoms with E-state index in [0.717, 1.165) is 37.3 Å². The summed E-state index contributed by atoms with van der Waals surface area (Å²) in [5, 5.41) is 16.4. The van der Waals surface area contributed by atoms with Crippen molar-refractivity contribution in [3.8, 4) is 16.2 Å². The molecule has 4 heterocycles. The molecule has 20 heteroatoms. The molecular weight excluding hydrogens is 1070 g/mol. The van der Waals surface area contributed by atoms with Crippen molar-refractivity contribution in [2.24, 2.45) is 5.41 Å². The number of β-amino-alcohol motifs (C(OH)–C–C–N with tert-alkyl or cyclic N) is 1. The molecule has 0 unspecified atom stereocenters. The van der Waals surface area contributed by atoms with Gasteiger partial charge in [-0.2, -0.15) is 0 Å². The van der Waals surface area contributed by atoms with Gasteiger partial charge in [0.1, 0.15) is 35.4 Å². The van der Waals surface area contributed by atoms with Gasteiger partial charge in [-0.15, -0.1) is 11.3 Å². The van der Waals surface area contributed by atoms with Gasteiger partial charge in [0.2, 0.25) is 23.6 Å². The van der Waals surface area contributed by atoms with Crippen molar-refractivity contribution in [2.75, 3.05) is 70.1 Å². The van der Waals surface area contributed by atoms with Crippen molar-refractivity contribution in [2.45, 2.75) is 110 Å². The molecule has 2 aliphatic heterocycles. The van der Waals surface area contributed by atoms with Crippen LogP contribution in [0, 0.1) is 12.3 Å². The first-order chi connectivity index (χ1) is 36.9. The standard InChI is InChI=1S/C57H71BrN8O10S/c1-8-44-55(71)64(6)46-32-59-49(62-53(46)65(44)33-38-13-19-42(58)20-14-38)29-41-18-17-40(28-48(41)73-7)47(68)10-9-22-74-24-26-76-27-25-75-23-21-50(69)63-52(57(3,4)5)56(72)66-34-43(67)30-45(66)54(70)60-31-37-11-15-39(16-12-37)51-36(2)61-35-77-51/h11-20,28,32,35,43-45,52,67H,8-10,21-27,29-31,33-34H2,1-7H3,(H,60,70)(H,63,69)/t43-,44-,45+,52-/m1/s1. The van der Waals surface area contributed by atoms with Gasteiger partial charge in [0.25, 0.3) is 0 Å². The maximum absolute atomic E-state index is 14.0. The van der Waals surface area contributed by atoms with Crippen molar-refractivity contribution in [3.63, 3.8) is 0 Å². The summed E-state index contributed by atoms with van der Waals surface area (Å²) in [6, 6.07) is 19.1. The molecule has 1 fully saturated rings. The number of carbonyl (C=O) groups is 5. The summed E-state index contributed by atoms with van der Waals surface area (Å²) >= 11 is 5.07. The van der Waals surface area contributed by atoms with Crippen LogP contribution in [0.3, 0.4) is 0 Å². The smallest absolute Gasteiger partial charge is 0.249 e. The predicted molar refractivity (Wildman–Crippen MR) is 298 cm³/mol. The van der Waals surface area contributed by atoms with E-state index in [-0.39, 0.29) is 81.7 Å². The topological polar surface area (TPSA) is 215 Å². The van der Waals surface area contributed by atoms with Gasteiger partial charge < -0.3 is 49.4 Å². The Bertz CT molecular complexity index is 2830. The van der Waals surface area contributed by atoms with Crippen LogP contribution in [-0.2, 0) is 52.9 Å². The fourth-order valence-corrected chi connectivity index (χ4v) is 10.4. The first-order valence-corrected chi connectivity index (χ1v) is 27.8. The lowest BCUT2D eigenvalue weighted by Gasteiger charge is -2.40. The molecule has 0 aliphatic carbocycles. The number of aryl methyl sites for hydroxylation is 1. The molecular formula is C57H71BrN8O10S. The molecule has 3 aromatic carbocycles. The van der Waals surface area contributed by atoms with Crippen LogP contribution in [0.4, 0.5) is 11.5 Å². The lowest BCUT2D eigenvalue weighted by molar-refractivity contribution is -0.144. The second kappa shape index (κ2) is 27.4. The average Bonchev–Trinajstić information content (AvgIpc) is 4.05. The number of carbonyl (C=O) groups excluding carboxylic acids is 5. The number of Topliss-reactive ketones (excluding diaryl/α,β-unsaturated/α-hetero) is 1. The van der Waals surface area contributed by atoms with Crippen LogP contribution in [0.15, 0.2) is 82.9 Å². The van der Waals surface area contributed by atoms with Crippen LogP contribution >= 0.6 is 27.3 Å². The summed E-state index contributed by atoms with van der Waals surface area (Å²) in [6.07, 6.45) is 2.71. The van der Waals surface area contributed by atoms with Gasteiger partial charge in [0.05, 0.1) is 68.5 Å². The van der Waals surface area contributed by atoms with Crippen LogP contribution in [0.25, 0.3) is 10.4 Å². The maximum atomic E-state index is 14.0. The van der Waals surface area contributed by atoms with Gasteiger partial charge in [-0.3, -0.25) is 24.0 Å². The zero-order valence-electron chi connectivity index (χ0n) is 45.0. The van der Waals surface area contributed by atoms with Gasteiger partial charge in [-0.05, 0) is 60.1 Å². The third kappa shape index (κ3) is 15.5. The number of aromatic nitrogens is 3. The number of likely N-dealkylation sites (tertiary alicyclic amines) is 1. The minimum absolute atomic E-state index is 0.00413. The number of halogens is 1. The second-order valence-electron chi connectivity index (χ2n) is 20.3. The third-order valence-corrected chi connectivity index (χ3v) is 15.2. The fraction of sp³-hybridized carbons (Fsp3) is 0.474. The molecule has 7 rings (SSSR count). The number of nitrogens with zero attached hydrogens (tertiary/aromatic N) is 6. The number of nitrogens with one attached hydrogen (secondary N) is 2. The highest BCUT2D eigenvalue weighted by Gasteiger charge is 2.44. The summed E-state index contributed by atoms with van der Waals surface area (Å²) in [7, 11) is 3.33. The van der Waals surface area contributed by atoms with Gasteiger partial charge in [0.15, 0.2) is 11.6 Å². The molecule has 0 radical (unpaired) electrons. The number of aliphatic hydroxyl groups is 1. The van der Waals surface area contributed by atoms with E-state index < -0.39 is 29.5 Å².